The van der Waals surface area contributed by atoms with Crippen molar-refractivity contribution in [2.24, 2.45) is 0 Å². The molecule has 1 heterocycles. The summed E-state index contributed by atoms with van der Waals surface area (Å²) in [6, 6.07) is 5.89. The van der Waals surface area contributed by atoms with Crippen molar-refractivity contribution in [2.75, 3.05) is 5.73 Å². The van der Waals surface area contributed by atoms with Gasteiger partial charge in [0.2, 0.25) is 0 Å². The van der Waals surface area contributed by atoms with Crippen LogP contribution < -0.4 is 5.73 Å². The Labute approximate surface area is 94.6 Å². The number of benzene rings is 1. The summed E-state index contributed by atoms with van der Waals surface area (Å²) in [5, 5.41) is 5.33. The van der Waals surface area contributed by atoms with Crippen molar-refractivity contribution in [3.8, 4) is 0 Å². The second-order valence-electron chi connectivity index (χ2n) is 4.63. The van der Waals surface area contributed by atoms with E-state index in [-0.39, 0.29) is 0 Å². The molecule has 16 heavy (non-hydrogen) atoms. The zero-order valence-electron chi connectivity index (χ0n) is 9.28. The van der Waals surface area contributed by atoms with E-state index < -0.39 is 0 Å². The average Bonchev–Trinajstić information content (AvgIpc) is 2.75. The van der Waals surface area contributed by atoms with Gasteiger partial charge in [0.1, 0.15) is 0 Å². The van der Waals surface area contributed by atoms with Crippen LogP contribution in [0, 0.1) is 0 Å². The van der Waals surface area contributed by atoms with Crippen molar-refractivity contribution in [2.45, 2.75) is 38.0 Å². The highest BCUT2D eigenvalue weighted by molar-refractivity contribution is 5.89. The second-order valence-corrected chi connectivity index (χ2v) is 4.63. The first kappa shape index (κ1) is 9.70. The van der Waals surface area contributed by atoms with Crippen LogP contribution in [0.2, 0.25) is 0 Å². The molecule has 1 saturated carbocycles. The zero-order valence-corrected chi connectivity index (χ0v) is 9.28. The van der Waals surface area contributed by atoms with E-state index in [1.165, 1.54) is 32.1 Å². The number of nitrogen functional groups attached to an aromatic ring is 1. The minimum Gasteiger partial charge on any atom is -0.396 e. The van der Waals surface area contributed by atoms with Crippen LogP contribution in [-0.2, 0) is 0 Å². The molecule has 0 saturated heterocycles. The molecule has 0 amide bonds. The molecule has 0 radical (unpaired) electrons. The van der Waals surface area contributed by atoms with Gasteiger partial charge in [-0.25, -0.2) is 0 Å². The maximum atomic E-state index is 5.87. The van der Waals surface area contributed by atoms with Gasteiger partial charge >= 0.3 is 0 Å². The Hall–Kier alpha value is -1.51. The molecule has 0 aliphatic heterocycles. The fraction of sp³-hybridized carbons (Fsp3) is 0.462. The first-order chi connectivity index (χ1) is 7.86. The van der Waals surface area contributed by atoms with E-state index in [1.807, 2.05) is 12.1 Å². The molecular weight excluding hydrogens is 200 g/mol. The van der Waals surface area contributed by atoms with Crippen molar-refractivity contribution in [3.05, 3.63) is 23.9 Å². The van der Waals surface area contributed by atoms with Crippen molar-refractivity contribution in [1.29, 1.82) is 0 Å². The monoisotopic (exact) mass is 216 g/mol. The zero-order chi connectivity index (χ0) is 11.0. The molecule has 1 aromatic heterocycles. The summed E-state index contributed by atoms with van der Waals surface area (Å²) < 4.78 is 5.36. The molecular formula is C13H16N2O. The van der Waals surface area contributed by atoms with E-state index in [1.54, 1.807) is 0 Å². The van der Waals surface area contributed by atoms with Crippen molar-refractivity contribution in [1.82, 2.24) is 5.16 Å². The Morgan fingerprint density at radius 1 is 1.19 bits per heavy atom. The van der Waals surface area contributed by atoms with Crippen molar-refractivity contribution < 1.29 is 4.52 Å². The summed E-state index contributed by atoms with van der Waals surface area (Å²) in [6.07, 6.45) is 6.43. The van der Waals surface area contributed by atoms with Crippen LogP contribution in [0.15, 0.2) is 22.7 Å². The number of fused-ring (bicyclic) bond motifs is 1. The third-order valence-corrected chi connectivity index (χ3v) is 3.55. The normalized spacial score (nSPS) is 18.0. The molecule has 84 valence electrons. The molecule has 0 bridgehead atoms. The van der Waals surface area contributed by atoms with E-state index >= 15 is 0 Å². The molecule has 2 N–H and O–H groups in total. The standard InChI is InChI=1S/C13H16N2O/c14-11-8-4-7-10-12(15-16-13(10)11)9-5-2-1-3-6-9/h4,7-9H,1-3,5-6,14H2. The lowest BCUT2D eigenvalue weighted by Crippen LogP contribution is -2.04. The smallest absolute Gasteiger partial charge is 0.189 e. The Bertz CT molecular complexity index is 498. The molecule has 1 aliphatic rings. The number of anilines is 1. The molecule has 1 aromatic carbocycles. The summed E-state index contributed by atoms with van der Waals surface area (Å²) in [5.41, 5.74) is 8.42. The highest BCUT2D eigenvalue weighted by Crippen LogP contribution is 2.36. The summed E-state index contributed by atoms with van der Waals surface area (Å²) in [6.45, 7) is 0. The minimum absolute atomic E-state index is 0.566. The maximum absolute atomic E-state index is 5.87. The first-order valence-corrected chi connectivity index (χ1v) is 6.00. The Morgan fingerprint density at radius 3 is 2.81 bits per heavy atom. The summed E-state index contributed by atoms with van der Waals surface area (Å²) >= 11 is 0. The van der Waals surface area contributed by atoms with Crippen molar-refractivity contribution >= 4 is 16.7 Å². The molecule has 0 unspecified atom stereocenters. The predicted octanol–water partition coefficient (Wildman–Crippen LogP) is 3.46. The van der Waals surface area contributed by atoms with Crippen LogP contribution in [0.25, 0.3) is 11.0 Å². The largest absolute Gasteiger partial charge is 0.396 e. The predicted molar refractivity (Wildman–Crippen MR) is 64.2 cm³/mol. The number of nitrogens with two attached hydrogens (primary N) is 1. The fourth-order valence-electron chi connectivity index (χ4n) is 2.67. The minimum atomic E-state index is 0.566. The van der Waals surface area contributed by atoms with Crippen LogP contribution in [-0.4, -0.2) is 5.16 Å². The fourth-order valence-corrected chi connectivity index (χ4v) is 2.67. The number of para-hydroxylation sites is 1. The van der Waals surface area contributed by atoms with Crippen LogP contribution in [0.5, 0.6) is 0 Å². The van der Waals surface area contributed by atoms with E-state index in [0.29, 0.717) is 11.6 Å². The van der Waals surface area contributed by atoms with Gasteiger partial charge in [0.25, 0.3) is 0 Å². The average molecular weight is 216 g/mol. The molecule has 1 aliphatic carbocycles. The number of hydrogen-bond acceptors (Lipinski definition) is 3. The van der Waals surface area contributed by atoms with Crippen LogP contribution in [0.3, 0.4) is 0 Å². The van der Waals surface area contributed by atoms with E-state index in [4.69, 9.17) is 10.3 Å². The Morgan fingerprint density at radius 2 is 2.00 bits per heavy atom. The molecule has 3 nitrogen and oxygen atoms in total. The topological polar surface area (TPSA) is 52.0 Å². The summed E-state index contributed by atoms with van der Waals surface area (Å²) in [4.78, 5) is 0. The van der Waals surface area contributed by atoms with Gasteiger partial charge in [-0.2, -0.15) is 0 Å². The summed E-state index contributed by atoms with van der Waals surface area (Å²) in [5.74, 6) is 0.566. The van der Waals surface area contributed by atoms with E-state index in [0.717, 1.165) is 16.7 Å². The van der Waals surface area contributed by atoms with Gasteiger partial charge in [0.05, 0.1) is 11.4 Å². The first-order valence-electron chi connectivity index (χ1n) is 6.00. The molecule has 1 fully saturated rings. The Kier molecular flexibility index (Phi) is 2.31. The van der Waals surface area contributed by atoms with E-state index in [2.05, 4.69) is 11.2 Å². The van der Waals surface area contributed by atoms with Crippen LogP contribution >= 0.6 is 0 Å². The Balaban J connectivity index is 2.06. The lowest BCUT2D eigenvalue weighted by atomic mass is 9.86. The highest BCUT2D eigenvalue weighted by Gasteiger charge is 2.21. The molecule has 3 heteroatoms. The number of hydrogen-bond donors (Lipinski definition) is 1. The molecule has 0 spiro atoms. The molecule has 3 rings (SSSR count). The van der Waals surface area contributed by atoms with Crippen LogP contribution in [0.4, 0.5) is 5.69 Å². The maximum Gasteiger partial charge on any atom is 0.189 e. The van der Waals surface area contributed by atoms with Gasteiger partial charge in [-0.1, -0.05) is 30.5 Å². The van der Waals surface area contributed by atoms with Gasteiger partial charge in [0.15, 0.2) is 5.58 Å². The molecule has 0 atom stereocenters. The molecule has 2 aromatic rings. The van der Waals surface area contributed by atoms with Crippen LogP contribution in [0.1, 0.15) is 43.7 Å². The lowest BCUT2D eigenvalue weighted by Gasteiger charge is -2.19. The van der Waals surface area contributed by atoms with Gasteiger partial charge in [0, 0.05) is 11.3 Å². The second kappa shape index (κ2) is 3.81. The van der Waals surface area contributed by atoms with Gasteiger partial charge in [-0.05, 0) is 25.0 Å². The quantitative estimate of drug-likeness (QED) is 0.743. The third kappa shape index (κ3) is 1.47. The lowest BCUT2D eigenvalue weighted by molar-refractivity contribution is 0.396. The van der Waals surface area contributed by atoms with Gasteiger partial charge in [-0.3, -0.25) is 0 Å². The third-order valence-electron chi connectivity index (χ3n) is 3.55. The van der Waals surface area contributed by atoms with E-state index in [9.17, 15) is 0 Å². The van der Waals surface area contributed by atoms with Gasteiger partial charge in [-0.15, -0.1) is 0 Å². The van der Waals surface area contributed by atoms with Crippen molar-refractivity contribution in [3.63, 3.8) is 0 Å². The number of aromatic nitrogens is 1. The summed E-state index contributed by atoms with van der Waals surface area (Å²) in [7, 11) is 0. The van der Waals surface area contributed by atoms with Gasteiger partial charge < -0.3 is 10.3 Å². The number of nitrogens with zero attached hydrogens (tertiary/aromatic N) is 1. The SMILES string of the molecule is Nc1cccc2c(C3CCCCC3)noc12. The number of rotatable bonds is 1. The highest BCUT2D eigenvalue weighted by atomic mass is 16.5.